The molecular formula is C16H15N3O4. The Kier molecular flexibility index (Phi) is 5.03. The molecule has 1 aromatic carbocycles. The molecule has 7 heteroatoms. The van der Waals surface area contributed by atoms with E-state index < -0.39 is 10.5 Å². The number of hydrogen-bond acceptors (Lipinski definition) is 4. The fourth-order valence-corrected chi connectivity index (χ4v) is 2.07. The van der Waals surface area contributed by atoms with Gasteiger partial charge in [-0.2, -0.15) is 0 Å². The van der Waals surface area contributed by atoms with E-state index in [-0.39, 0.29) is 24.7 Å². The molecule has 0 unspecified atom stereocenters. The van der Waals surface area contributed by atoms with Gasteiger partial charge in [-0.25, -0.2) is 0 Å². The van der Waals surface area contributed by atoms with Crippen LogP contribution in [0.25, 0.3) is 0 Å². The first-order valence-corrected chi connectivity index (χ1v) is 6.84. The molecule has 2 rings (SSSR count). The highest BCUT2D eigenvalue weighted by atomic mass is 16.6. The van der Waals surface area contributed by atoms with Crippen LogP contribution < -0.4 is 10.5 Å². The smallest absolute Gasteiger partial charge is 0.285 e. The van der Waals surface area contributed by atoms with E-state index in [1.165, 1.54) is 4.90 Å². The number of benzene rings is 1. The second-order valence-electron chi connectivity index (χ2n) is 4.74. The van der Waals surface area contributed by atoms with Crippen molar-refractivity contribution in [2.24, 2.45) is 0 Å². The number of aromatic nitrogens is 1. The van der Waals surface area contributed by atoms with E-state index in [1.807, 2.05) is 6.07 Å². The van der Waals surface area contributed by atoms with Crippen molar-refractivity contribution in [2.75, 3.05) is 11.4 Å². The summed E-state index contributed by atoms with van der Waals surface area (Å²) in [6.07, 6.45) is 2.64. The Morgan fingerprint density at radius 1 is 1.26 bits per heavy atom. The molecule has 2 aromatic rings. The van der Waals surface area contributed by atoms with Crippen LogP contribution in [0.2, 0.25) is 0 Å². The maximum Gasteiger partial charge on any atom is 0.285 e. The third-order valence-corrected chi connectivity index (χ3v) is 3.16. The van der Waals surface area contributed by atoms with Crippen LogP contribution in [0.15, 0.2) is 66.1 Å². The van der Waals surface area contributed by atoms with Gasteiger partial charge >= 0.3 is 0 Å². The maximum absolute atomic E-state index is 12.5. The molecule has 0 fully saturated rings. The topological polar surface area (TPSA) is 85.4 Å². The van der Waals surface area contributed by atoms with Gasteiger partial charge in [-0.1, -0.05) is 24.3 Å². The predicted molar refractivity (Wildman–Crippen MR) is 86.3 cm³/mol. The number of carbonyl (C=O) groups excluding carboxylic acids is 1. The molecule has 118 valence electrons. The summed E-state index contributed by atoms with van der Waals surface area (Å²) >= 11 is 0. The molecule has 0 aliphatic rings. The van der Waals surface area contributed by atoms with Crippen molar-refractivity contribution in [1.82, 2.24) is 4.57 Å². The van der Waals surface area contributed by atoms with Crippen molar-refractivity contribution in [3.05, 3.63) is 81.8 Å². The van der Waals surface area contributed by atoms with Crippen molar-refractivity contribution >= 4 is 17.3 Å². The Morgan fingerprint density at radius 2 is 1.96 bits per heavy atom. The second-order valence-corrected chi connectivity index (χ2v) is 4.74. The molecule has 0 radical (unpaired) electrons. The van der Waals surface area contributed by atoms with Gasteiger partial charge in [0.2, 0.25) is 5.91 Å². The molecular weight excluding hydrogens is 298 g/mol. The lowest BCUT2D eigenvalue weighted by atomic mass is 10.2. The minimum Gasteiger partial charge on any atom is -0.307 e. The molecule has 0 saturated heterocycles. The van der Waals surface area contributed by atoms with Gasteiger partial charge in [-0.3, -0.25) is 24.3 Å². The van der Waals surface area contributed by atoms with Gasteiger partial charge in [0.25, 0.3) is 11.2 Å². The summed E-state index contributed by atoms with van der Waals surface area (Å²) in [5.74, 6) is -0.362. The number of amides is 1. The second kappa shape index (κ2) is 7.17. The lowest BCUT2D eigenvalue weighted by Gasteiger charge is -2.21. The summed E-state index contributed by atoms with van der Waals surface area (Å²) < 4.78 is 1.03. The van der Waals surface area contributed by atoms with Gasteiger partial charge in [0.05, 0.1) is 11.1 Å². The summed E-state index contributed by atoms with van der Waals surface area (Å²) in [4.78, 5) is 35.9. The monoisotopic (exact) mass is 313 g/mol. The standard InChI is InChI=1S/C16H15N3O4/c1-2-10-18(13-6-4-3-5-7-13)16(21)12-17-11-14(19(22)23)8-9-15(17)20/h2-9,11H,1,10,12H2. The summed E-state index contributed by atoms with van der Waals surface area (Å²) in [5, 5.41) is 10.8. The Balaban J connectivity index is 2.29. The Hall–Kier alpha value is -3.22. The Labute approximate surface area is 132 Å². The van der Waals surface area contributed by atoms with Crippen LogP contribution in [0.4, 0.5) is 11.4 Å². The third-order valence-electron chi connectivity index (χ3n) is 3.16. The van der Waals surface area contributed by atoms with E-state index in [9.17, 15) is 19.7 Å². The van der Waals surface area contributed by atoms with Crippen LogP contribution in [0.3, 0.4) is 0 Å². The van der Waals surface area contributed by atoms with Crippen LogP contribution >= 0.6 is 0 Å². The van der Waals surface area contributed by atoms with E-state index in [0.717, 1.165) is 22.9 Å². The molecule has 1 amide bonds. The van der Waals surface area contributed by atoms with Crippen molar-refractivity contribution in [3.63, 3.8) is 0 Å². The number of nitrogens with zero attached hydrogens (tertiary/aromatic N) is 3. The molecule has 0 spiro atoms. The van der Waals surface area contributed by atoms with Crippen LogP contribution in [0.5, 0.6) is 0 Å². The molecule has 0 aliphatic heterocycles. The van der Waals surface area contributed by atoms with Crippen molar-refractivity contribution in [3.8, 4) is 0 Å². The SMILES string of the molecule is C=CCN(C(=O)Cn1cc([N+](=O)[O-])ccc1=O)c1ccccc1. The maximum atomic E-state index is 12.5. The van der Waals surface area contributed by atoms with Crippen LogP contribution in [-0.2, 0) is 11.3 Å². The average Bonchev–Trinajstić information content (AvgIpc) is 2.55. The molecule has 1 aromatic heterocycles. The number of para-hydroxylation sites is 1. The molecule has 0 bridgehead atoms. The average molecular weight is 313 g/mol. The minimum absolute atomic E-state index is 0.243. The normalized spacial score (nSPS) is 10.1. The minimum atomic E-state index is -0.612. The van der Waals surface area contributed by atoms with Gasteiger partial charge < -0.3 is 4.90 Å². The highest BCUT2D eigenvalue weighted by Crippen LogP contribution is 2.14. The summed E-state index contributed by atoms with van der Waals surface area (Å²) in [7, 11) is 0. The first-order valence-electron chi connectivity index (χ1n) is 6.84. The number of rotatable bonds is 6. The van der Waals surface area contributed by atoms with Crippen LogP contribution in [0.1, 0.15) is 0 Å². The first-order chi connectivity index (χ1) is 11.0. The molecule has 0 atom stereocenters. The predicted octanol–water partition coefficient (Wildman–Crippen LogP) is 1.98. The lowest BCUT2D eigenvalue weighted by molar-refractivity contribution is -0.385. The third kappa shape index (κ3) is 3.91. The number of hydrogen-bond donors (Lipinski definition) is 0. The quantitative estimate of drug-likeness (QED) is 0.463. The van der Waals surface area contributed by atoms with Gasteiger partial charge in [0, 0.05) is 24.4 Å². The first kappa shape index (κ1) is 16.2. The van der Waals surface area contributed by atoms with E-state index in [2.05, 4.69) is 6.58 Å². The molecule has 0 aliphatic carbocycles. The fourth-order valence-electron chi connectivity index (χ4n) is 2.07. The summed E-state index contributed by atoms with van der Waals surface area (Å²) in [6.45, 7) is 3.60. The van der Waals surface area contributed by atoms with E-state index >= 15 is 0 Å². The van der Waals surface area contributed by atoms with Crippen molar-refractivity contribution in [1.29, 1.82) is 0 Å². The number of carbonyl (C=O) groups is 1. The zero-order valence-corrected chi connectivity index (χ0v) is 12.3. The zero-order valence-electron chi connectivity index (χ0n) is 12.3. The Bertz CT molecular complexity index is 783. The van der Waals surface area contributed by atoms with Crippen molar-refractivity contribution < 1.29 is 9.72 Å². The highest BCUT2D eigenvalue weighted by molar-refractivity contribution is 5.93. The molecule has 23 heavy (non-hydrogen) atoms. The van der Waals surface area contributed by atoms with Crippen molar-refractivity contribution in [2.45, 2.75) is 6.54 Å². The lowest BCUT2D eigenvalue weighted by Crippen LogP contribution is -2.36. The molecule has 0 saturated carbocycles. The van der Waals surface area contributed by atoms with Crippen LogP contribution in [-0.4, -0.2) is 21.9 Å². The van der Waals surface area contributed by atoms with Crippen LogP contribution in [0, 0.1) is 10.1 Å². The van der Waals surface area contributed by atoms with E-state index in [4.69, 9.17) is 0 Å². The van der Waals surface area contributed by atoms with Gasteiger partial charge in [-0.15, -0.1) is 6.58 Å². The zero-order chi connectivity index (χ0) is 16.8. The number of nitro groups is 1. The number of pyridine rings is 1. The molecule has 1 heterocycles. The van der Waals surface area contributed by atoms with E-state index in [1.54, 1.807) is 30.3 Å². The largest absolute Gasteiger partial charge is 0.307 e. The molecule has 7 nitrogen and oxygen atoms in total. The number of anilines is 1. The van der Waals surface area contributed by atoms with Gasteiger partial charge in [0.15, 0.2) is 0 Å². The fraction of sp³-hybridized carbons (Fsp3) is 0.125. The van der Waals surface area contributed by atoms with Gasteiger partial charge in [-0.05, 0) is 12.1 Å². The molecule has 0 N–H and O–H groups in total. The summed E-state index contributed by atoms with van der Waals surface area (Å²) in [6, 6.07) is 11.1. The highest BCUT2D eigenvalue weighted by Gasteiger charge is 2.16. The Morgan fingerprint density at radius 3 is 2.57 bits per heavy atom. The van der Waals surface area contributed by atoms with E-state index in [0.29, 0.717) is 5.69 Å². The van der Waals surface area contributed by atoms with Gasteiger partial charge in [0.1, 0.15) is 6.54 Å². The summed E-state index contributed by atoms with van der Waals surface area (Å²) in [5.41, 5.74) is -0.0566.